The van der Waals surface area contributed by atoms with Crippen LogP contribution in [0.2, 0.25) is 0 Å². The van der Waals surface area contributed by atoms with E-state index in [9.17, 15) is 22.8 Å². The molecule has 14 heteroatoms. The van der Waals surface area contributed by atoms with Gasteiger partial charge < -0.3 is 19.1 Å². The van der Waals surface area contributed by atoms with E-state index in [4.69, 9.17) is 10.00 Å². The van der Waals surface area contributed by atoms with Crippen molar-refractivity contribution >= 4 is 22.8 Å². The molecule has 4 heterocycles. The molecule has 1 amide bonds. The van der Waals surface area contributed by atoms with E-state index >= 15 is 0 Å². The third kappa shape index (κ3) is 5.40. The Balaban J connectivity index is 1.25. The number of nitrogens with one attached hydrogen (secondary N) is 1. The van der Waals surface area contributed by atoms with E-state index in [-0.39, 0.29) is 43.1 Å². The molecular weight excluding hydrogens is 469 g/mol. The minimum absolute atomic E-state index is 0.0447. The second-order valence-electron chi connectivity index (χ2n) is 7.76. The van der Waals surface area contributed by atoms with Crippen LogP contribution in [-0.2, 0) is 22.3 Å². The lowest BCUT2D eigenvalue weighted by Gasteiger charge is -2.35. The number of aromatic nitrogens is 5. The quantitative estimate of drug-likeness (QED) is 0.488. The SMILES string of the molecule is N#Cc1ccc(N2CCN(C(=O)CCOCCn3c(C(F)(F)F)nc4c(=O)[nH]ncc43)CC2)nc1. The topological polar surface area (TPSA) is 133 Å². The Labute approximate surface area is 196 Å². The maximum atomic E-state index is 13.3. The summed E-state index contributed by atoms with van der Waals surface area (Å²) >= 11 is 0. The molecule has 0 spiro atoms. The van der Waals surface area contributed by atoms with Crippen molar-refractivity contribution in [1.29, 1.82) is 5.26 Å². The summed E-state index contributed by atoms with van der Waals surface area (Å²) in [6.07, 6.45) is -2.05. The van der Waals surface area contributed by atoms with Gasteiger partial charge in [0.15, 0.2) is 5.52 Å². The van der Waals surface area contributed by atoms with Crippen molar-refractivity contribution in [1.82, 2.24) is 29.6 Å². The second kappa shape index (κ2) is 10.1. The van der Waals surface area contributed by atoms with E-state index in [1.165, 1.54) is 6.20 Å². The van der Waals surface area contributed by atoms with Gasteiger partial charge in [-0.2, -0.15) is 23.5 Å². The van der Waals surface area contributed by atoms with Crippen molar-refractivity contribution in [2.45, 2.75) is 19.1 Å². The molecule has 35 heavy (non-hydrogen) atoms. The van der Waals surface area contributed by atoms with Crippen LogP contribution in [0.5, 0.6) is 0 Å². The van der Waals surface area contributed by atoms with E-state index in [0.717, 1.165) is 16.6 Å². The van der Waals surface area contributed by atoms with Crippen LogP contribution in [-0.4, -0.2) is 74.9 Å². The molecule has 4 rings (SSSR count). The molecule has 184 valence electrons. The summed E-state index contributed by atoms with van der Waals surface area (Å²) in [5.41, 5.74) is -0.731. The number of carbonyl (C=O) groups is 1. The lowest BCUT2D eigenvalue weighted by Crippen LogP contribution is -2.49. The molecule has 1 saturated heterocycles. The predicted molar refractivity (Wildman–Crippen MR) is 116 cm³/mol. The summed E-state index contributed by atoms with van der Waals surface area (Å²) in [5, 5.41) is 14.5. The zero-order valence-electron chi connectivity index (χ0n) is 18.5. The normalized spacial score (nSPS) is 14.3. The van der Waals surface area contributed by atoms with Crippen molar-refractivity contribution in [3.05, 3.63) is 46.3 Å². The van der Waals surface area contributed by atoms with Crippen LogP contribution in [0.4, 0.5) is 19.0 Å². The van der Waals surface area contributed by atoms with E-state index in [2.05, 4.69) is 20.2 Å². The maximum absolute atomic E-state index is 13.3. The number of imidazole rings is 1. The van der Waals surface area contributed by atoms with Gasteiger partial charge in [-0.1, -0.05) is 0 Å². The van der Waals surface area contributed by atoms with Crippen LogP contribution in [0.25, 0.3) is 11.0 Å². The van der Waals surface area contributed by atoms with Gasteiger partial charge >= 0.3 is 6.18 Å². The molecule has 0 radical (unpaired) electrons. The van der Waals surface area contributed by atoms with Crippen LogP contribution in [0.3, 0.4) is 0 Å². The molecule has 11 nitrogen and oxygen atoms in total. The summed E-state index contributed by atoms with van der Waals surface area (Å²) in [6, 6.07) is 5.48. The molecule has 0 bridgehead atoms. The number of rotatable bonds is 7. The minimum Gasteiger partial charge on any atom is -0.379 e. The number of H-pyrrole nitrogens is 1. The number of carbonyl (C=O) groups excluding carboxylic acids is 1. The Morgan fingerprint density at radius 2 is 1.94 bits per heavy atom. The van der Waals surface area contributed by atoms with Crippen LogP contribution >= 0.6 is 0 Å². The smallest absolute Gasteiger partial charge is 0.379 e. The highest BCUT2D eigenvalue weighted by atomic mass is 19.4. The van der Waals surface area contributed by atoms with Gasteiger partial charge in [0.1, 0.15) is 11.9 Å². The number of nitrogens with zero attached hydrogens (tertiary/aromatic N) is 7. The van der Waals surface area contributed by atoms with Crippen LogP contribution < -0.4 is 10.5 Å². The molecule has 0 unspecified atom stereocenters. The lowest BCUT2D eigenvalue weighted by molar-refractivity contribution is -0.147. The molecule has 1 fully saturated rings. The van der Waals surface area contributed by atoms with Crippen molar-refractivity contribution < 1.29 is 22.7 Å². The van der Waals surface area contributed by atoms with Crippen LogP contribution in [0.1, 0.15) is 17.8 Å². The Hall–Kier alpha value is -3.99. The number of hydrogen-bond acceptors (Lipinski definition) is 8. The fraction of sp³-hybridized carbons (Fsp3) is 0.429. The molecule has 0 aromatic carbocycles. The molecule has 3 aromatic rings. The third-order valence-electron chi connectivity index (χ3n) is 5.58. The number of hydrogen-bond donors (Lipinski definition) is 1. The largest absolute Gasteiger partial charge is 0.449 e. The zero-order chi connectivity index (χ0) is 25.0. The monoisotopic (exact) mass is 490 g/mol. The second-order valence-corrected chi connectivity index (χ2v) is 7.76. The van der Waals surface area contributed by atoms with Crippen molar-refractivity contribution in [3.63, 3.8) is 0 Å². The van der Waals surface area contributed by atoms with Gasteiger partial charge in [-0.3, -0.25) is 9.59 Å². The van der Waals surface area contributed by atoms with Gasteiger partial charge in [0.2, 0.25) is 11.7 Å². The summed E-state index contributed by atoms with van der Waals surface area (Å²) in [4.78, 5) is 35.6. The number of pyridine rings is 1. The predicted octanol–water partition coefficient (Wildman–Crippen LogP) is 1.16. The van der Waals surface area contributed by atoms with Crippen molar-refractivity contribution in [3.8, 4) is 6.07 Å². The number of fused-ring (bicyclic) bond motifs is 1. The fourth-order valence-electron chi connectivity index (χ4n) is 3.81. The summed E-state index contributed by atoms with van der Waals surface area (Å²) < 4.78 is 46.3. The van der Waals surface area contributed by atoms with E-state index in [1.807, 2.05) is 11.0 Å². The Morgan fingerprint density at radius 1 is 1.17 bits per heavy atom. The molecular formula is C21H21F3N8O3. The molecule has 1 aliphatic heterocycles. The summed E-state index contributed by atoms with van der Waals surface area (Å²) in [5.74, 6) is -0.584. The molecule has 0 aliphatic carbocycles. The highest BCUT2D eigenvalue weighted by Gasteiger charge is 2.38. The first-order valence-electron chi connectivity index (χ1n) is 10.8. The Bertz CT molecular complexity index is 1290. The van der Waals surface area contributed by atoms with Gasteiger partial charge in [-0.25, -0.2) is 15.1 Å². The number of amides is 1. The lowest BCUT2D eigenvalue weighted by atomic mass is 10.2. The minimum atomic E-state index is -4.75. The number of ether oxygens (including phenoxy) is 1. The van der Waals surface area contributed by atoms with Crippen molar-refractivity contribution in [2.24, 2.45) is 0 Å². The van der Waals surface area contributed by atoms with Gasteiger partial charge in [-0.05, 0) is 12.1 Å². The van der Waals surface area contributed by atoms with E-state index in [0.29, 0.717) is 31.7 Å². The van der Waals surface area contributed by atoms with E-state index in [1.54, 1.807) is 17.0 Å². The average Bonchev–Trinajstić information content (AvgIpc) is 3.24. The molecule has 1 N–H and O–H groups in total. The van der Waals surface area contributed by atoms with Gasteiger partial charge in [0, 0.05) is 38.9 Å². The van der Waals surface area contributed by atoms with Crippen molar-refractivity contribution in [2.75, 3.05) is 44.3 Å². The first-order chi connectivity index (χ1) is 16.8. The molecule has 1 aliphatic rings. The summed E-state index contributed by atoms with van der Waals surface area (Å²) in [6.45, 7) is 1.91. The first kappa shape index (κ1) is 24.1. The standard InChI is InChI=1S/C21H21F3N8O3/c22-21(23,24)20-28-18-15(13-27-29-19(18)34)32(20)8-10-35-9-3-17(33)31-6-4-30(5-7-31)16-2-1-14(11-25)12-26-16/h1-2,12-13H,3-10H2,(H,29,34). The number of piperazine rings is 1. The van der Waals surface area contributed by atoms with Gasteiger partial charge in [0.25, 0.3) is 5.56 Å². The molecule has 3 aromatic heterocycles. The molecule has 0 saturated carbocycles. The number of anilines is 1. The van der Waals surface area contributed by atoms with Gasteiger partial charge in [0.05, 0.1) is 36.9 Å². The first-order valence-corrected chi connectivity index (χ1v) is 10.8. The number of nitriles is 1. The Morgan fingerprint density at radius 3 is 2.60 bits per heavy atom. The summed E-state index contributed by atoms with van der Waals surface area (Å²) in [7, 11) is 0. The fourth-order valence-corrected chi connectivity index (χ4v) is 3.81. The molecule has 0 atom stereocenters. The highest BCUT2D eigenvalue weighted by Crippen LogP contribution is 2.30. The number of aromatic amines is 1. The van der Waals surface area contributed by atoms with Crippen LogP contribution in [0.15, 0.2) is 29.3 Å². The maximum Gasteiger partial charge on any atom is 0.449 e. The highest BCUT2D eigenvalue weighted by molar-refractivity contribution is 5.76. The van der Waals surface area contributed by atoms with E-state index < -0.39 is 17.6 Å². The Kier molecular flexibility index (Phi) is 6.97. The average molecular weight is 490 g/mol. The van der Waals surface area contributed by atoms with Gasteiger partial charge in [-0.15, -0.1) is 0 Å². The number of halogens is 3. The number of alkyl halides is 3. The third-order valence-corrected chi connectivity index (χ3v) is 5.58. The van der Waals surface area contributed by atoms with Crippen LogP contribution in [0, 0.1) is 11.3 Å². The zero-order valence-corrected chi connectivity index (χ0v) is 18.5.